The molecule has 0 amide bonds. The smallest absolute Gasteiger partial charge is 0.191 e. The van der Waals surface area contributed by atoms with Crippen molar-refractivity contribution in [2.24, 2.45) is 10.9 Å². The van der Waals surface area contributed by atoms with Gasteiger partial charge in [-0.3, -0.25) is 4.99 Å². The van der Waals surface area contributed by atoms with E-state index < -0.39 is 0 Å². The number of thiophene rings is 1. The van der Waals surface area contributed by atoms with Crippen LogP contribution in [0, 0.1) is 5.92 Å². The van der Waals surface area contributed by atoms with E-state index in [9.17, 15) is 0 Å². The lowest BCUT2D eigenvalue weighted by Gasteiger charge is -2.16. The lowest BCUT2D eigenvalue weighted by atomic mass is 10.1. The summed E-state index contributed by atoms with van der Waals surface area (Å²) in [6.07, 6.45) is 10.3. The Balaban J connectivity index is 0.00000341. The van der Waals surface area contributed by atoms with Crippen LogP contribution in [0.4, 0.5) is 0 Å². The van der Waals surface area contributed by atoms with Gasteiger partial charge in [-0.2, -0.15) is 0 Å². The Hall–Kier alpha value is -0.810. The van der Waals surface area contributed by atoms with E-state index in [0.717, 1.165) is 55.8 Å². The number of aromatic nitrogens is 3. The second kappa shape index (κ2) is 14.4. The summed E-state index contributed by atoms with van der Waals surface area (Å²) in [5.74, 6) is 2.59. The lowest BCUT2D eigenvalue weighted by molar-refractivity contribution is 0.460. The molecule has 3 rings (SSSR count). The summed E-state index contributed by atoms with van der Waals surface area (Å²) in [4.78, 5) is 6.24. The van der Waals surface area contributed by atoms with Gasteiger partial charge in [-0.15, -0.1) is 45.5 Å². The minimum atomic E-state index is 0. The van der Waals surface area contributed by atoms with Gasteiger partial charge < -0.3 is 15.2 Å². The molecule has 2 aromatic heterocycles. The first-order chi connectivity index (χ1) is 14.7. The molecule has 0 bridgehead atoms. The molecule has 2 N–H and O–H groups in total. The number of nitrogens with one attached hydrogen (secondary N) is 2. The van der Waals surface area contributed by atoms with Gasteiger partial charge in [-0.05, 0) is 56.2 Å². The molecule has 9 heteroatoms. The van der Waals surface area contributed by atoms with E-state index >= 15 is 0 Å². The van der Waals surface area contributed by atoms with Crippen molar-refractivity contribution >= 4 is 53.0 Å². The molecular formula is C22H37IN6S2. The molecule has 1 saturated carbocycles. The Morgan fingerprint density at radius 2 is 2.13 bits per heavy atom. The number of hydrogen-bond donors (Lipinski definition) is 2. The molecule has 1 fully saturated rings. The van der Waals surface area contributed by atoms with Gasteiger partial charge in [0.25, 0.3) is 0 Å². The Bertz CT molecular complexity index is 771. The van der Waals surface area contributed by atoms with Gasteiger partial charge in [0, 0.05) is 37.0 Å². The molecule has 0 radical (unpaired) electrons. The molecule has 31 heavy (non-hydrogen) atoms. The molecule has 174 valence electrons. The van der Waals surface area contributed by atoms with Gasteiger partial charge in [-0.25, -0.2) is 0 Å². The zero-order valence-electron chi connectivity index (χ0n) is 19.0. The largest absolute Gasteiger partial charge is 0.357 e. The quantitative estimate of drug-likeness (QED) is 0.127. The molecule has 0 aliphatic heterocycles. The summed E-state index contributed by atoms with van der Waals surface area (Å²) < 4.78 is 2.41. The summed E-state index contributed by atoms with van der Waals surface area (Å²) in [7, 11) is 0. The SMILES string of the molecule is CCNC(=NCC(C)Cc1cccs1)NCCCc1nnc(SC)n1C1CCCC1.I. The number of aliphatic imine (C=N–C) groups is 1. The molecule has 2 heterocycles. The zero-order valence-corrected chi connectivity index (χ0v) is 22.9. The van der Waals surface area contributed by atoms with Gasteiger partial charge in [0.2, 0.25) is 0 Å². The molecule has 1 aliphatic rings. The number of halogens is 1. The number of guanidine groups is 1. The third kappa shape index (κ3) is 8.24. The van der Waals surface area contributed by atoms with Crippen molar-refractivity contribution in [2.75, 3.05) is 25.9 Å². The van der Waals surface area contributed by atoms with Crippen LogP contribution in [0.15, 0.2) is 27.7 Å². The molecule has 0 aromatic carbocycles. The van der Waals surface area contributed by atoms with Gasteiger partial charge in [0.1, 0.15) is 5.82 Å². The number of nitrogens with zero attached hydrogens (tertiary/aromatic N) is 4. The maximum atomic E-state index is 4.80. The Labute approximate surface area is 212 Å². The van der Waals surface area contributed by atoms with Gasteiger partial charge in [0.05, 0.1) is 0 Å². The highest BCUT2D eigenvalue weighted by molar-refractivity contribution is 14.0. The van der Waals surface area contributed by atoms with Crippen molar-refractivity contribution in [1.82, 2.24) is 25.4 Å². The van der Waals surface area contributed by atoms with Crippen molar-refractivity contribution < 1.29 is 0 Å². The number of aryl methyl sites for hydroxylation is 1. The normalized spacial score (nSPS) is 15.6. The first-order valence-electron chi connectivity index (χ1n) is 11.2. The molecule has 2 aromatic rings. The van der Waals surface area contributed by atoms with Crippen LogP contribution in [0.2, 0.25) is 0 Å². The molecule has 1 aliphatic carbocycles. The third-order valence-electron chi connectivity index (χ3n) is 5.51. The van der Waals surface area contributed by atoms with E-state index in [-0.39, 0.29) is 24.0 Å². The van der Waals surface area contributed by atoms with Crippen LogP contribution >= 0.6 is 47.1 Å². The van der Waals surface area contributed by atoms with Gasteiger partial charge >= 0.3 is 0 Å². The summed E-state index contributed by atoms with van der Waals surface area (Å²) in [5.41, 5.74) is 0. The third-order valence-corrected chi connectivity index (χ3v) is 7.05. The van der Waals surface area contributed by atoms with Gasteiger partial charge in [-0.1, -0.05) is 37.6 Å². The highest BCUT2D eigenvalue weighted by Crippen LogP contribution is 2.33. The second-order valence-electron chi connectivity index (χ2n) is 8.05. The molecular weight excluding hydrogens is 539 g/mol. The first kappa shape index (κ1) is 26.4. The molecule has 0 spiro atoms. The van der Waals surface area contributed by atoms with Crippen molar-refractivity contribution in [1.29, 1.82) is 0 Å². The van der Waals surface area contributed by atoms with Crippen molar-refractivity contribution in [2.45, 2.75) is 70.0 Å². The van der Waals surface area contributed by atoms with Crippen molar-refractivity contribution in [3.63, 3.8) is 0 Å². The molecule has 1 atom stereocenters. The molecule has 1 unspecified atom stereocenters. The Kier molecular flexibility index (Phi) is 12.2. The average molecular weight is 577 g/mol. The second-order valence-corrected chi connectivity index (χ2v) is 9.86. The maximum absolute atomic E-state index is 4.80. The minimum Gasteiger partial charge on any atom is -0.357 e. The maximum Gasteiger partial charge on any atom is 0.191 e. The van der Waals surface area contributed by atoms with E-state index in [1.807, 2.05) is 11.3 Å². The van der Waals surface area contributed by atoms with Crippen LogP contribution < -0.4 is 10.6 Å². The van der Waals surface area contributed by atoms with Crippen molar-refractivity contribution in [3.05, 3.63) is 28.2 Å². The van der Waals surface area contributed by atoms with E-state index in [0.29, 0.717) is 12.0 Å². The standard InChI is InChI=1S/C22H36N6S2.HI/c1-4-23-21(25-16-17(2)15-19-11-8-14-30-19)24-13-7-12-20-26-27-22(29-3)28(20)18-9-5-6-10-18;/h8,11,14,17-18H,4-7,9-10,12-13,15-16H2,1-3H3,(H2,23,24,25);1H. The zero-order chi connectivity index (χ0) is 21.2. The Morgan fingerprint density at radius 3 is 2.81 bits per heavy atom. The summed E-state index contributed by atoms with van der Waals surface area (Å²) >= 11 is 3.54. The summed E-state index contributed by atoms with van der Waals surface area (Å²) in [6.45, 7) is 6.97. The highest BCUT2D eigenvalue weighted by atomic mass is 127. The van der Waals surface area contributed by atoms with Crippen LogP contribution in [-0.2, 0) is 12.8 Å². The number of thioether (sulfide) groups is 1. The topological polar surface area (TPSA) is 67.1 Å². The fourth-order valence-electron chi connectivity index (χ4n) is 4.03. The molecule has 6 nitrogen and oxygen atoms in total. The fraction of sp³-hybridized carbons (Fsp3) is 0.682. The Morgan fingerprint density at radius 1 is 1.32 bits per heavy atom. The number of hydrogen-bond acceptors (Lipinski definition) is 5. The summed E-state index contributed by atoms with van der Waals surface area (Å²) in [6, 6.07) is 4.92. The van der Waals surface area contributed by atoms with Crippen LogP contribution in [0.1, 0.15) is 62.7 Å². The van der Waals surface area contributed by atoms with E-state index in [1.165, 1.54) is 30.6 Å². The predicted molar refractivity (Wildman–Crippen MR) is 144 cm³/mol. The van der Waals surface area contributed by atoms with Crippen LogP contribution in [0.5, 0.6) is 0 Å². The van der Waals surface area contributed by atoms with E-state index in [2.05, 4.69) is 63.0 Å². The highest BCUT2D eigenvalue weighted by Gasteiger charge is 2.23. The minimum absolute atomic E-state index is 0. The number of rotatable bonds is 11. The van der Waals surface area contributed by atoms with Crippen molar-refractivity contribution in [3.8, 4) is 0 Å². The lowest BCUT2D eigenvalue weighted by Crippen LogP contribution is -2.38. The van der Waals surface area contributed by atoms with E-state index in [4.69, 9.17) is 4.99 Å². The fourth-order valence-corrected chi connectivity index (χ4v) is 5.47. The van der Waals surface area contributed by atoms with E-state index in [1.54, 1.807) is 11.8 Å². The summed E-state index contributed by atoms with van der Waals surface area (Å²) in [5, 5.41) is 19.0. The average Bonchev–Trinajstić information content (AvgIpc) is 3.50. The monoisotopic (exact) mass is 576 g/mol. The van der Waals surface area contributed by atoms with Crippen LogP contribution in [0.25, 0.3) is 0 Å². The van der Waals surface area contributed by atoms with Crippen LogP contribution in [0.3, 0.4) is 0 Å². The van der Waals surface area contributed by atoms with Gasteiger partial charge in [0.15, 0.2) is 11.1 Å². The molecule has 0 saturated heterocycles. The van der Waals surface area contributed by atoms with Crippen LogP contribution in [-0.4, -0.2) is 46.6 Å². The predicted octanol–water partition coefficient (Wildman–Crippen LogP) is 5.16. The first-order valence-corrected chi connectivity index (χ1v) is 13.3.